The standard InChI is InChI=1S/C20H24BrNO7/c1-24-6-7-25-8-9-26-13-20(23)22(12-16-3-5-19(21)29-16)11-15-2-4-17-18(10-15)28-14-27-17/h2-5,10H,6-9,11-14H2,1H3. The van der Waals surface area contributed by atoms with Gasteiger partial charge in [-0.15, -0.1) is 0 Å². The van der Waals surface area contributed by atoms with Crippen LogP contribution in [0.4, 0.5) is 0 Å². The Kier molecular flexibility index (Phi) is 8.36. The van der Waals surface area contributed by atoms with Crippen LogP contribution < -0.4 is 9.47 Å². The van der Waals surface area contributed by atoms with Crippen LogP contribution in [0.25, 0.3) is 0 Å². The van der Waals surface area contributed by atoms with Crippen molar-refractivity contribution in [2.24, 2.45) is 0 Å². The van der Waals surface area contributed by atoms with Crippen molar-refractivity contribution in [3.63, 3.8) is 0 Å². The first-order chi connectivity index (χ1) is 14.2. The summed E-state index contributed by atoms with van der Waals surface area (Å²) in [5.41, 5.74) is 0.927. The molecule has 1 aromatic carbocycles. The molecule has 9 heteroatoms. The topological polar surface area (TPSA) is 79.6 Å². The third-order valence-corrected chi connectivity index (χ3v) is 4.59. The summed E-state index contributed by atoms with van der Waals surface area (Å²) in [6.45, 7) is 2.65. The highest BCUT2D eigenvalue weighted by molar-refractivity contribution is 9.10. The number of ether oxygens (including phenoxy) is 5. The monoisotopic (exact) mass is 469 g/mol. The zero-order valence-electron chi connectivity index (χ0n) is 16.2. The molecular formula is C20H24BrNO7. The molecule has 0 unspecified atom stereocenters. The number of fused-ring (bicyclic) bond motifs is 1. The Bertz CT molecular complexity index is 795. The summed E-state index contributed by atoms with van der Waals surface area (Å²) in [6, 6.07) is 9.26. The Morgan fingerprint density at radius 3 is 2.62 bits per heavy atom. The van der Waals surface area contributed by atoms with E-state index in [1.807, 2.05) is 24.3 Å². The number of benzene rings is 1. The Hall–Kier alpha value is -2.07. The van der Waals surface area contributed by atoms with Gasteiger partial charge in [-0.1, -0.05) is 6.07 Å². The highest BCUT2D eigenvalue weighted by atomic mass is 79.9. The van der Waals surface area contributed by atoms with E-state index in [9.17, 15) is 4.79 Å². The van der Waals surface area contributed by atoms with Crippen molar-refractivity contribution in [3.05, 3.63) is 46.3 Å². The lowest BCUT2D eigenvalue weighted by Gasteiger charge is -2.22. The van der Waals surface area contributed by atoms with Crippen molar-refractivity contribution in [1.82, 2.24) is 4.90 Å². The highest BCUT2D eigenvalue weighted by Gasteiger charge is 2.19. The predicted octanol–water partition coefficient (Wildman–Crippen LogP) is 2.98. The van der Waals surface area contributed by atoms with Crippen LogP contribution in [-0.4, -0.2) is 57.7 Å². The molecule has 0 radical (unpaired) electrons. The van der Waals surface area contributed by atoms with Crippen molar-refractivity contribution < 1.29 is 32.9 Å². The molecule has 29 heavy (non-hydrogen) atoms. The number of hydrogen-bond donors (Lipinski definition) is 0. The first kappa shape index (κ1) is 21.6. The number of nitrogens with zero attached hydrogens (tertiary/aromatic N) is 1. The predicted molar refractivity (Wildman–Crippen MR) is 107 cm³/mol. The summed E-state index contributed by atoms with van der Waals surface area (Å²) in [6.07, 6.45) is 0. The fourth-order valence-electron chi connectivity index (χ4n) is 2.73. The minimum atomic E-state index is -0.146. The molecule has 158 valence electrons. The van der Waals surface area contributed by atoms with Gasteiger partial charge in [0.25, 0.3) is 0 Å². The first-order valence-electron chi connectivity index (χ1n) is 9.20. The van der Waals surface area contributed by atoms with Crippen molar-refractivity contribution >= 4 is 21.8 Å². The molecule has 0 atom stereocenters. The quantitative estimate of drug-likeness (QED) is 0.442. The van der Waals surface area contributed by atoms with Gasteiger partial charge in [0.1, 0.15) is 12.4 Å². The smallest absolute Gasteiger partial charge is 0.249 e. The SMILES string of the molecule is COCCOCCOCC(=O)N(Cc1ccc2c(c1)OCO2)Cc1ccc(Br)o1. The second-order valence-electron chi connectivity index (χ2n) is 6.30. The fraction of sp³-hybridized carbons (Fsp3) is 0.450. The highest BCUT2D eigenvalue weighted by Crippen LogP contribution is 2.33. The number of methoxy groups -OCH3 is 1. The van der Waals surface area contributed by atoms with Gasteiger partial charge in [0, 0.05) is 13.7 Å². The maximum Gasteiger partial charge on any atom is 0.249 e. The number of carbonyl (C=O) groups is 1. The number of halogens is 1. The molecule has 0 bridgehead atoms. The second-order valence-corrected chi connectivity index (χ2v) is 7.08. The lowest BCUT2D eigenvalue weighted by Crippen LogP contribution is -2.33. The first-order valence-corrected chi connectivity index (χ1v) is 10.00. The normalized spacial score (nSPS) is 12.3. The van der Waals surface area contributed by atoms with Crippen LogP contribution in [0.2, 0.25) is 0 Å². The van der Waals surface area contributed by atoms with E-state index in [4.69, 9.17) is 28.1 Å². The van der Waals surface area contributed by atoms with Gasteiger partial charge in [0.2, 0.25) is 12.7 Å². The van der Waals surface area contributed by atoms with Crippen molar-refractivity contribution in [1.29, 1.82) is 0 Å². The second kappa shape index (κ2) is 11.2. The van der Waals surface area contributed by atoms with Crippen LogP contribution in [-0.2, 0) is 32.1 Å². The Morgan fingerprint density at radius 1 is 1.03 bits per heavy atom. The largest absolute Gasteiger partial charge is 0.454 e. The van der Waals surface area contributed by atoms with E-state index in [0.717, 1.165) is 5.56 Å². The third kappa shape index (κ3) is 6.74. The molecule has 3 rings (SSSR count). The van der Waals surface area contributed by atoms with Gasteiger partial charge >= 0.3 is 0 Å². The van der Waals surface area contributed by atoms with E-state index in [-0.39, 0.29) is 19.3 Å². The van der Waals surface area contributed by atoms with Crippen LogP contribution >= 0.6 is 15.9 Å². The van der Waals surface area contributed by atoms with E-state index in [1.165, 1.54) is 0 Å². The van der Waals surface area contributed by atoms with Gasteiger partial charge in [0.05, 0.1) is 33.0 Å². The van der Waals surface area contributed by atoms with Gasteiger partial charge < -0.3 is 33.0 Å². The van der Waals surface area contributed by atoms with E-state index < -0.39 is 0 Å². The summed E-state index contributed by atoms with van der Waals surface area (Å²) < 4.78 is 32.7. The lowest BCUT2D eigenvalue weighted by molar-refractivity contribution is -0.138. The summed E-state index contributed by atoms with van der Waals surface area (Å²) >= 11 is 3.29. The molecule has 1 aliphatic heterocycles. The Balaban J connectivity index is 1.56. The van der Waals surface area contributed by atoms with E-state index in [0.29, 0.717) is 61.4 Å². The molecule has 1 aliphatic rings. The molecule has 2 heterocycles. The number of furan rings is 1. The Morgan fingerprint density at radius 2 is 1.83 bits per heavy atom. The van der Waals surface area contributed by atoms with Crippen LogP contribution in [0.5, 0.6) is 11.5 Å². The van der Waals surface area contributed by atoms with E-state index >= 15 is 0 Å². The molecule has 0 aliphatic carbocycles. The van der Waals surface area contributed by atoms with Gasteiger partial charge in [-0.25, -0.2) is 0 Å². The van der Waals surface area contributed by atoms with Crippen LogP contribution in [0.1, 0.15) is 11.3 Å². The molecule has 0 saturated heterocycles. The van der Waals surface area contributed by atoms with Gasteiger partial charge in [-0.3, -0.25) is 4.79 Å². The van der Waals surface area contributed by atoms with E-state index in [1.54, 1.807) is 18.1 Å². The number of carbonyl (C=O) groups excluding carboxylic acids is 1. The van der Waals surface area contributed by atoms with Gasteiger partial charge in [0.15, 0.2) is 16.2 Å². The molecule has 0 spiro atoms. The van der Waals surface area contributed by atoms with Crippen LogP contribution in [0.3, 0.4) is 0 Å². The molecule has 1 amide bonds. The van der Waals surface area contributed by atoms with Gasteiger partial charge in [-0.05, 0) is 45.8 Å². The lowest BCUT2D eigenvalue weighted by atomic mass is 10.2. The zero-order valence-corrected chi connectivity index (χ0v) is 17.8. The molecule has 0 saturated carbocycles. The maximum absolute atomic E-state index is 12.8. The maximum atomic E-state index is 12.8. The molecule has 1 aromatic heterocycles. The number of amides is 1. The number of rotatable bonds is 12. The van der Waals surface area contributed by atoms with Crippen LogP contribution in [0.15, 0.2) is 39.4 Å². The fourth-order valence-corrected chi connectivity index (χ4v) is 3.07. The molecule has 2 aromatic rings. The minimum absolute atomic E-state index is 0.0416. The molecule has 8 nitrogen and oxygen atoms in total. The summed E-state index contributed by atoms with van der Waals surface area (Å²) in [4.78, 5) is 14.4. The van der Waals surface area contributed by atoms with Crippen molar-refractivity contribution in [3.8, 4) is 11.5 Å². The summed E-state index contributed by atoms with van der Waals surface area (Å²) in [7, 11) is 1.62. The molecular weight excluding hydrogens is 446 g/mol. The third-order valence-electron chi connectivity index (χ3n) is 4.17. The van der Waals surface area contributed by atoms with Crippen LogP contribution in [0, 0.1) is 0 Å². The average molecular weight is 470 g/mol. The van der Waals surface area contributed by atoms with Crippen molar-refractivity contribution in [2.45, 2.75) is 13.1 Å². The summed E-state index contributed by atoms with van der Waals surface area (Å²) in [5.74, 6) is 1.92. The molecule has 0 N–H and O–H groups in total. The number of hydrogen-bond acceptors (Lipinski definition) is 7. The molecule has 0 fully saturated rings. The Labute approximate surface area is 177 Å². The van der Waals surface area contributed by atoms with Gasteiger partial charge in [-0.2, -0.15) is 0 Å². The zero-order chi connectivity index (χ0) is 20.5. The summed E-state index contributed by atoms with van der Waals surface area (Å²) in [5, 5.41) is 0. The van der Waals surface area contributed by atoms with Crippen molar-refractivity contribution in [2.75, 3.05) is 46.9 Å². The van der Waals surface area contributed by atoms with E-state index in [2.05, 4.69) is 15.9 Å². The average Bonchev–Trinajstić information content (AvgIpc) is 3.34. The minimum Gasteiger partial charge on any atom is -0.454 e.